The maximum Gasteiger partial charge on any atom is 0.441 e. The number of carbonyl (C=O) groups excluding carboxylic acids is 1. The highest BCUT2D eigenvalue weighted by Gasteiger charge is 2.34. The first-order chi connectivity index (χ1) is 6.43. The fourth-order valence-corrected chi connectivity index (χ4v) is 1.20. The highest BCUT2D eigenvalue weighted by molar-refractivity contribution is 14.1. The van der Waals surface area contributed by atoms with Crippen LogP contribution >= 0.6 is 22.6 Å². The van der Waals surface area contributed by atoms with Crippen molar-refractivity contribution in [3.8, 4) is 5.75 Å². The molecule has 3 nitrogen and oxygen atoms in total. The Morgan fingerprint density at radius 2 is 2.00 bits per heavy atom. The lowest BCUT2D eigenvalue weighted by Crippen LogP contribution is -2.45. The SMILES string of the molecule is O=C([O-])C(F)(F)Oc1ccccc1I. The van der Waals surface area contributed by atoms with Gasteiger partial charge in [-0.15, -0.1) is 0 Å². The maximum atomic E-state index is 12.5. The molecule has 0 aliphatic carbocycles. The third kappa shape index (κ3) is 2.53. The molecule has 1 rings (SSSR count). The molecule has 0 N–H and O–H groups in total. The number of carbonyl (C=O) groups is 1. The number of halogens is 3. The minimum Gasteiger partial charge on any atom is -0.541 e. The second-order valence-corrected chi connectivity index (χ2v) is 3.50. The average Bonchev–Trinajstić information content (AvgIpc) is 2.08. The molecular weight excluding hydrogens is 309 g/mol. The average molecular weight is 313 g/mol. The van der Waals surface area contributed by atoms with E-state index in [9.17, 15) is 18.7 Å². The van der Waals surface area contributed by atoms with Crippen LogP contribution in [0.1, 0.15) is 0 Å². The van der Waals surface area contributed by atoms with Gasteiger partial charge in [-0.25, -0.2) is 0 Å². The summed E-state index contributed by atoms with van der Waals surface area (Å²) in [5.74, 6) is -2.75. The lowest BCUT2D eigenvalue weighted by atomic mass is 10.3. The predicted octanol–water partition coefficient (Wildman–Crippen LogP) is 1.01. The second kappa shape index (κ2) is 4.07. The molecule has 76 valence electrons. The molecule has 0 aromatic heterocycles. The molecule has 0 aliphatic heterocycles. The van der Waals surface area contributed by atoms with E-state index in [2.05, 4.69) is 4.74 Å². The van der Waals surface area contributed by atoms with Gasteiger partial charge in [-0.05, 0) is 34.7 Å². The Labute approximate surface area is 91.8 Å². The molecule has 0 radical (unpaired) electrons. The van der Waals surface area contributed by atoms with Gasteiger partial charge in [-0.2, -0.15) is 8.78 Å². The number of benzene rings is 1. The van der Waals surface area contributed by atoms with Crippen LogP contribution in [0.3, 0.4) is 0 Å². The van der Waals surface area contributed by atoms with E-state index in [1.165, 1.54) is 18.2 Å². The van der Waals surface area contributed by atoms with Crippen LogP contribution in [0.4, 0.5) is 8.78 Å². The van der Waals surface area contributed by atoms with E-state index in [-0.39, 0.29) is 5.75 Å². The van der Waals surface area contributed by atoms with Crippen molar-refractivity contribution < 1.29 is 23.4 Å². The van der Waals surface area contributed by atoms with E-state index in [0.717, 1.165) is 0 Å². The molecule has 1 aromatic carbocycles. The summed E-state index contributed by atoms with van der Waals surface area (Å²) in [4.78, 5) is 9.95. The molecule has 1 aromatic rings. The minimum atomic E-state index is -4.30. The quantitative estimate of drug-likeness (QED) is 0.783. The molecule has 6 heteroatoms. The van der Waals surface area contributed by atoms with Crippen molar-refractivity contribution in [2.75, 3.05) is 0 Å². The summed E-state index contributed by atoms with van der Waals surface area (Å²) >= 11 is 1.75. The molecule has 0 saturated heterocycles. The smallest absolute Gasteiger partial charge is 0.441 e. The van der Waals surface area contributed by atoms with E-state index < -0.39 is 12.1 Å². The van der Waals surface area contributed by atoms with Crippen molar-refractivity contribution in [3.63, 3.8) is 0 Å². The van der Waals surface area contributed by atoms with Gasteiger partial charge < -0.3 is 14.6 Å². The van der Waals surface area contributed by atoms with Gasteiger partial charge in [0, 0.05) is 0 Å². The Kier molecular flexibility index (Phi) is 3.25. The summed E-state index contributed by atoms with van der Waals surface area (Å²) in [6.07, 6.45) is -4.30. The van der Waals surface area contributed by atoms with Gasteiger partial charge in [0.1, 0.15) is 5.75 Å². The molecule has 0 saturated carbocycles. The molecule has 14 heavy (non-hydrogen) atoms. The van der Waals surface area contributed by atoms with E-state index in [1.807, 2.05) is 0 Å². The first kappa shape index (κ1) is 11.2. The molecule has 0 bridgehead atoms. The first-order valence-electron chi connectivity index (χ1n) is 3.46. The van der Waals surface area contributed by atoms with Crippen molar-refractivity contribution in [2.45, 2.75) is 6.11 Å². The monoisotopic (exact) mass is 313 g/mol. The van der Waals surface area contributed by atoms with Crippen LogP contribution < -0.4 is 9.84 Å². The maximum absolute atomic E-state index is 12.5. The van der Waals surface area contributed by atoms with Crippen LogP contribution in [0.15, 0.2) is 24.3 Å². The van der Waals surface area contributed by atoms with Crippen molar-refractivity contribution in [2.24, 2.45) is 0 Å². The fourth-order valence-electron chi connectivity index (χ4n) is 0.707. The number of aliphatic carboxylic acids is 1. The Bertz CT molecular complexity index is 354. The topological polar surface area (TPSA) is 49.4 Å². The van der Waals surface area contributed by atoms with E-state index in [4.69, 9.17) is 0 Å². The lowest BCUT2D eigenvalue weighted by molar-refractivity contribution is -0.350. The van der Waals surface area contributed by atoms with Crippen molar-refractivity contribution >= 4 is 28.6 Å². The van der Waals surface area contributed by atoms with E-state index in [1.54, 1.807) is 28.7 Å². The molecule has 0 aliphatic rings. The summed E-state index contributed by atoms with van der Waals surface area (Å²) < 4.78 is 29.4. The molecule has 0 amide bonds. The number of alkyl halides is 2. The Hall–Kier alpha value is -0.920. The summed E-state index contributed by atoms with van der Waals surface area (Å²) in [6.45, 7) is 0. The Balaban J connectivity index is 2.89. The number of rotatable bonds is 3. The van der Waals surface area contributed by atoms with Crippen LogP contribution in [-0.4, -0.2) is 12.1 Å². The normalized spacial score (nSPS) is 11.1. The number of ether oxygens (including phenoxy) is 1. The van der Waals surface area contributed by atoms with Crippen LogP contribution in [0.5, 0.6) is 5.75 Å². The summed E-state index contributed by atoms with van der Waals surface area (Å²) in [5, 5.41) is 9.95. The summed E-state index contributed by atoms with van der Waals surface area (Å²) in [7, 11) is 0. The van der Waals surface area contributed by atoms with Crippen molar-refractivity contribution in [1.29, 1.82) is 0 Å². The molecule has 0 heterocycles. The molecule has 0 atom stereocenters. The highest BCUT2D eigenvalue weighted by Crippen LogP contribution is 2.25. The van der Waals surface area contributed by atoms with Gasteiger partial charge in [-0.3, -0.25) is 0 Å². The molecule has 0 fully saturated rings. The van der Waals surface area contributed by atoms with Crippen LogP contribution in [0, 0.1) is 3.57 Å². The standard InChI is InChI=1S/C8H5F2IO3/c9-8(10,7(12)13)14-6-4-2-1-3-5(6)11/h1-4H,(H,12,13)/p-1. The second-order valence-electron chi connectivity index (χ2n) is 2.34. The van der Waals surface area contributed by atoms with Crippen LogP contribution in [0.2, 0.25) is 0 Å². The number of carboxylic acids is 1. The van der Waals surface area contributed by atoms with Gasteiger partial charge in [0.05, 0.1) is 3.57 Å². The van der Waals surface area contributed by atoms with Gasteiger partial charge in [0.25, 0.3) is 0 Å². The lowest BCUT2D eigenvalue weighted by Gasteiger charge is -2.18. The zero-order valence-electron chi connectivity index (χ0n) is 6.67. The summed E-state index contributed by atoms with van der Waals surface area (Å²) in [6, 6.07) is 5.84. The molecule has 0 unspecified atom stereocenters. The van der Waals surface area contributed by atoms with E-state index >= 15 is 0 Å². The minimum absolute atomic E-state index is 0.192. The Morgan fingerprint density at radius 1 is 1.43 bits per heavy atom. The largest absolute Gasteiger partial charge is 0.541 e. The van der Waals surface area contributed by atoms with Crippen molar-refractivity contribution in [1.82, 2.24) is 0 Å². The first-order valence-corrected chi connectivity index (χ1v) is 4.54. The predicted molar refractivity (Wildman–Crippen MR) is 49.7 cm³/mol. The Morgan fingerprint density at radius 3 is 2.50 bits per heavy atom. The molecule has 0 spiro atoms. The van der Waals surface area contributed by atoms with Gasteiger partial charge in [0.15, 0.2) is 5.97 Å². The van der Waals surface area contributed by atoms with Crippen molar-refractivity contribution in [3.05, 3.63) is 27.8 Å². The zero-order valence-corrected chi connectivity index (χ0v) is 8.83. The highest BCUT2D eigenvalue weighted by atomic mass is 127. The van der Waals surface area contributed by atoms with Crippen LogP contribution in [-0.2, 0) is 4.79 Å². The van der Waals surface area contributed by atoms with Gasteiger partial charge in [0.2, 0.25) is 0 Å². The van der Waals surface area contributed by atoms with Crippen LogP contribution in [0.25, 0.3) is 0 Å². The number of para-hydroxylation sites is 1. The van der Waals surface area contributed by atoms with Gasteiger partial charge in [-0.1, -0.05) is 12.1 Å². The summed E-state index contributed by atoms with van der Waals surface area (Å²) in [5.41, 5.74) is 0. The number of hydrogen-bond donors (Lipinski definition) is 0. The van der Waals surface area contributed by atoms with E-state index in [0.29, 0.717) is 3.57 Å². The number of carboxylic acid groups (broad SMARTS) is 1. The third-order valence-electron chi connectivity index (χ3n) is 1.31. The van der Waals surface area contributed by atoms with Gasteiger partial charge >= 0.3 is 6.11 Å². The molecular formula is C8H4F2IO3-. The third-order valence-corrected chi connectivity index (χ3v) is 2.20. The zero-order chi connectivity index (χ0) is 10.8. The number of hydrogen-bond acceptors (Lipinski definition) is 3. The fraction of sp³-hybridized carbons (Fsp3) is 0.125.